The van der Waals surface area contributed by atoms with Crippen molar-refractivity contribution in [2.24, 2.45) is 9.98 Å². The predicted octanol–water partition coefficient (Wildman–Crippen LogP) is 6.22. The maximum absolute atomic E-state index is 13.6. The molecule has 4 heterocycles. The normalized spacial score (nSPS) is 16.4. The number of ether oxygens (including phenoxy) is 6. The number of benzene rings is 3. The van der Waals surface area contributed by atoms with Crippen molar-refractivity contribution in [3.05, 3.63) is 100 Å². The number of hydroxylamine groups is 1. The SMILES string of the molecule is C=C1C[C@H]2C=Nc3cc(OCc4cc(C#CCNC(=O)CCOCCOCCOCCONC(=O)CCCC(=O)CBr)cc(COc5cc6c(cc5OC)C(=O)N5CC(=C)C[C@H]5C=N6)c4)c(C)cc3C(=O)N2C1. The Morgan fingerprint density at radius 3 is 1.90 bits per heavy atom. The number of aliphatic imine (C=N–C) groups is 2. The summed E-state index contributed by atoms with van der Waals surface area (Å²) < 4.78 is 34.9. The van der Waals surface area contributed by atoms with Crippen LogP contribution in [-0.2, 0) is 46.6 Å². The molecule has 3 aromatic carbocycles. The molecule has 4 amide bonds. The molecule has 19 heteroatoms. The van der Waals surface area contributed by atoms with Gasteiger partial charge in [0.15, 0.2) is 11.5 Å². The molecular weight excluding hydrogens is 1000 g/mol. The number of aryl methyl sites for hydroxylation is 1. The van der Waals surface area contributed by atoms with E-state index in [0.29, 0.717) is 111 Å². The minimum atomic E-state index is -0.291. The number of carbonyl (C=O) groups is 5. The number of methoxy groups -OCH3 is 1. The highest BCUT2D eigenvalue weighted by Gasteiger charge is 2.35. The van der Waals surface area contributed by atoms with Crippen LogP contribution in [0.1, 0.15) is 81.5 Å². The summed E-state index contributed by atoms with van der Waals surface area (Å²) in [6, 6.07) is 12.5. The van der Waals surface area contributed by atoms with Crippen molar-refractivity contribution in [1.82, 2.24) is 20.6 Å². The van der Waals surface area contributed by atoms with Crippen LogP contribution in [0.15, 0.2) is 76.8 Å². The van der Waals surface area contributed by atoms with Crippen LogP contribution in [0.5, 0.6) is 17.2 Å². The van der Waals surface area contributed by atoms with Crippen LogP contribution in [-0.4, -0.2) is 142 Å². The lowest BCUT2D eigenvalue weighted by Crippen LogP contribution is -2.35. The van der Waals surface area contributed by atoms with Crippen molar-refractivity contribution in [2.45, 2.75) is 70.7 Å². The van der Waals surface area contributed by atoms with Crippen molar-refractivity contribution in [2.75, 3.05) is 78.3 Å². The fourth-order valence-corrected chi connectivity index (χ4v) is 8.71. The number of ketones is 1. The minimum absolute atomic E-state index is 0.0481. The number of halogens is 1. The van der Waals surface area contributed by atoms with Crippen molar-refractivity contribution >= 4 is 69.1 Å². The molecule has 0 spiro atoms. The minimum Gasteiger partial charge on any atom is -0.493 e. The molecule has 0 saturated carbocycles. The summed E-state index contributed by atoms with van der Waals surface area (Å²) in [5.41, 5.74) is 9.30. The first kappa shape index (κ1) is 54.1. The van der Waals surface area contributed by atoms with Gasteiger partial charge in [0.1, 0.15) is 24.7 Å². The summed E-state index contributed by atoms with van der Waals surface area (Å²) in [6.07, 6.45) is 6.09. The van der Waals surface area contributed by atoms with E-state index in [0.717, 1.165) is 27.8 Å². The van der Waals surface area contributed by atoms with E-state index in [9.17, 15) is 24.0 Å². The Labute approximate surface area is 433 Å². The van der Waals surface area contributed by atoms with Crippen LogP contribution < -0.4 is 25.0 Å². The standard InChI is InChI=1S/C54H61BrN6O12/c1-35-19-41-29-57-46-26-48(37(3)21-44(46)53(65)60(41)31-35)71-33-39-22-38(23-40(24-39)34-72-50-27-47-45(25-49(50)67-4)54(66)61-32-36(2)20-42(61)30-58-47)7-6-11-56-51(63)10-12-68-13-14-69-15-16-70-17-18-73-59-52(64)9-5-8-43(62)28-55/h21-27,29-30,41-42H,1-2,5,8-20,28,31-34H2,3-4H3,(H,56,63)(H,59,64)/t41-,42-/m0/s1. The van der Waals surface area contributed by atoms with Crippen LogP contribution >= 0.6 is 15.9 Å². The Morgan fingerprint density at radius 2 is 1.29 bits per heavy atom. The zero-order chi connectivity index (χ0) is 51.7. The molecule has 4 aliphatic rings. The smallest absolute Gasteiger partial charge is 0.257 e. The number of nitrogens with one attached hydrogen (secondary N) is 2. The number of hydrogen-bond acceptors (Lipinski definition) is 14. The quantitative estimate of drug-likeness (QED) is 0.0302. The lowest BCUT2D eigenvalue weighted by Gasteiger charge is -2.20. The number of amides is 4. The molecule has 3 aromatic rings. The molecular formula is C54H61BrN6O12. The Hall–Kier alpha value is -6.69. The summed E-state index contributed by atoms with van der Waals surface area (Å²) in [5.74, 6) is 6.90. The van der Waals surface area contributed by atoms with Crippen molar-refractivity contribution in [3.8, 4) is 29.1 Å². The lowest BCUT2D eigenvalue weighted by atomic mass is 10.1. The zero-order valence-corrected chi connectivity index (χ0v) is 42.9. The second-order valence-corrected chi connectivity index (χ2v) is 18.4. The first-order valence-corrected chi connectivity index (χ1v) is 25.3. The highest BCUT2D eigenvalue weighted by molar-refractivity contribution is 9.09. The number of alkyl halides is 1. The molecule has 2 atom stereocenters. The summed E-state index contributed by atoms with van der Waals surface area (Å²) in [7, 11) is 1.52. The fraction of sp³-hybridized carbons (Fsp3) is 0.426. The second-order valence-electron chi connectivity index (χ2n) is 17.8. The molecule has 18 nitrogen and oxygen atoms in total. The molecule has 2 fully saturated rings. The Kier molecular flexibility index (Phi) is 19.9. The number of carbonyl (C=O) groups excluding carboxylic acids is 5. The van der Waals surface area contributed by atoms with Gasteiger partial charge in [0.25, 0.3) is 11.8 Å². The zero-order valence-electron chi connectivity index (χ0n) is 41.3. The van der Waals surface area contributed by atoms with E-state index in [2.05, 4.69) is 61.7 Å². The molecule has 0 radical (unpaired) electrons. The van der Waals surface area contributed by atoms with E-state index in [1.54, 1.807) is 34.2 Å². The van der Waals surface area contributed by atoms with Gasteiger partial charge in [-0.3, -0.25) is 38.8 Å². The molecule has 2 saturated heterocycles. The van der Waals surface area contributed by atoms with Crippen molar-refractivity contribution in [1.29, 1.82) is 0 Å². The lowest BCUT2D eigenvalue weighted by molar-refractivity contribution is -0.135. The first-order valence-electron chi connectivity index (χ1n) is 24.1. The van der Waals surface area contributed by atoms with Gasteiger partial charge in [-0.2, -0.15) is 0 Å². The maximum atomic E-state index is 13.6. The highest BCUT2D eigenvalue weighted by Crippen LogP contribution is 2.39. The van der Waals surface area contributed by atoms with E-state index in [4.69, 9.17) is 33.3 Å². The van der Waals surface area contributed by atoms with E-state index >= 15 is 0 Å². The van der Waals surface area contributed by atoms with Gasteiger partial charge >= 0.3 is 0 Å². The Balaban J connectivity index is 0.900. The van der Waals surface area contributed by atoms with E-state index in [-0.39, 0.29) is 99.2 Å². The van der Waals surface area contributed by atoms with E-state index in [1.165, 1.54) is 7.11 Å². The van der Waals surface area contributed by atoms with Gasteiger partial charge in [0.2, 0.25) is 11.8 Å². The third-order valence-electron chi connectivity index (χ3n) is 12.1. The number of Topliss-reactive ketones (excluding diaryl/α,β-unsaturated/α-hetero) is 1. The van der Waals surface area contributed by atoms with Gasteiger partial charge in [-0.15, -0.1) is 0 Å². The van der Waals surface area contributed by atoms with Crippen LogP contribution in [0.25, 0.3) is 0 Å². The fourth-order valence-electron chi connectivity index (χ4n) is 8.43. The molecule has 0 bridgehead atoms. The third kappa shape index (κ3) is 15.4. The van der Waals surface area contributed by atoms with Crippen molar-refractivity contribution < 1.29 is 57.2 Å². The predicted molar refractivity (Wildman–Crippen MR) is 276 cm³/mol. The summed E-state index contributed by atoms with van der Waals surface area (Å²) in [6.45, 7) is 13.3. The average Bonchev–Trinajstić information content (AvgIpc) is 3.89. The molecule has 0 aliphatic carbocycles. The first-order chi connectivity index (χ1) is 35.4. The van der Waals surface area contributed by atoms with Gasteiger partial charge in [-0.1, -0.05) is 52.1 Å². The van der Waals surface area contributed by atoms with Gasteiger partial charge in [0.05, 0.1) is 99.8 Å². The maximum Gasteiger partial charge on any atom is 0.257 e. The summed E-state index contributed by atoms with van der Waals surface area (Å²) in [5, 5.41) is 3.10. The van der Waals surface area contributed by atoms with Crippen LogP contribution in [0.3, 0.4) is 0 Å². The third-order valence-corrected chi connectivity index (χ3v) is 12.7. The molecule has 2 N–H and O–H groups in total. The Morgan fingerprint density at radius 1 is 0.712 bits per heavy atom. The van der Waals surface area contributed by atoms with Crippen LogP contribution in [0.4, 0.5) is 11.4 Å². The average molecular weight is 1070 g/mol. The van der Waals surface area contributed by atoms with E-state index < -0.39 is 0 Å². The number of rotatable bonds is 26. The van der Waals surface area contributed by atoms with E-state index in [1.807, 2.05) is 37.4 Å². The van der Waals surface area contributed by atoms with Crippen LogP contribution in [0.2, 0.25) is 0 Å². The Bertz CT molecular complexity index is 2690. The van der Waals surface area contributed by atoms with Crippen molar-refractivity contribution in [3.63, 3.8) is 0 Å². The molecule has 0 unspecified atom stereocenters. The van der Waals surface area contributed by atoms with Gasteiger partial charge in [-0.25, -0.2) is 5.48 Å². The number of nitrogens with zero attached hydrogens (tertiary/aromatic N) is 4. The topological polar surface area (TPSA) is 205 Å². The molecule has 73 heavy (non-hydrogen) atoms. The molecule has 386 valence electrons. The number of hydrogen-bond donors (Lipinski definition) is 2. The summed E-state index contributed by atoms with van der Waals surface area (Å²) >= 11 is 3.09. The largest absolute Gasteiger partial charge is 0.493 e. The molecule has 7 rings (SSSR count). The van der Waals surface area contributed by atoms with Crippen LogP contribution in [0, 0.1) is 18.8 Å². The molecule has 4 aliphatic heterocycles. The highest BCUT2D eigenvalue weighted by atomic mass is 79.9. The summed E-state index contributed by atoms with van der Waals surface area (Å²) in [4.78, 5) is 80.7. The van der Waals surface area contributed by atoms with Gasteiger partial charge in [0, 0.05) is 62.5 Å². The number of fused-ring (bicyclic) bond motifs is 4. The van der Waals surface area contributed by atoms with Gasteiger partial charge < -0.3 is 43.5 Å². The monoisotopic (exact) mass is 1060 g/mol. The van der Waals surface area contributed by atoms with Gasteiger partial charge in [-0.05, 0) is 73.2 Å². The molecule has 0 aromatic heterocycles. The second kappa shape index (κ2) is 26.8.